The van der Waals surface area contributed by atoms with Crippen LogP contribution in [0.4, 0.5) is 0 Å². The van der Waals surface area contributed by atoms with Crippen LogP contribution in [0.5, 0.6) is 0 Å². The first-order valence-corrected chi connectivity index (χ1v) is 12.4. The Hall–Kier alpha value is -2.40. The van der Waals surface area contributed by atoms with Crippen molar-refractivity contribution in [1.29, 1.82) is 0 Å². The van der Waals surface area contributed by atoms with Crippen molar-refractivity contribution in [2.45, 2.75) is 39.3 Å². The van der Waals surface area contributed by atoms with Gasteiger partial charge in [0, 0.05) is 38.8 Å². The highest BCUT2D eigenvalue weighted by Gasteiger charge is 2.37. The van der Waals surface area contributed by atoms with Crippen LogP contribution in [0, 0.1) is 11.8 Å². The molecule has 2 saturated heterocycles. The number of para-hydroxylation sites is 2. The van der Waals surface area contributed by atoms with Crippen LogP contribution in [0.25, 0.3) is 11.0 Å². The molecule has 2 fully saturated rings. The molecule has 0 aliphatic carbocycles. The lowest BCUT2D eigenvalue weighted by Crippen LogP contribution is -2.56. The lowest BCUT2D eigenvalue weighted by atomic mass is 9.92. The van der Waals surface area contributed by atoms with Crippen molar-refractivity contribution in [2.24, 2.45) is 11.8 Å². The normalized spacial score (nSPS) is 20.6. The molecule has 1 unspecified atom stereocenters. The molecule has 0 radical (unpaired) electrons. The smallest absolute Gasteiger partial charge is 0.326 e. The minimum Gasteiger partial charge on any atom is -0.480 e. The number of imidazole rings is 1. The van der Waals surface area contributed by atoms with Crippen molar-refractivity contribution in [1.82, 2.24) is 24.7 Å². The average molecular weight is 559 g/mol. The number of rotatable bonds is 7. The Labute approximate surface area is 229 Å². The third-order valence-corrected chi connectivity index (χ3v) is 6.79. The molecular formula is C25H37Cl2N5O5. The van der Waals surface area contributed by atoms with Gasteiger partial charge in [-0.3, -0.25) is 9.59 Å². The second kappa shape index (κ2) is 13.4. The van der Waals surface area contributed by atoms with E-state index in [-0.39, 0.29) is 60.3 Å². The van der Waals surface area contributed by atoms with Crippen LogP contribution in [-0.4, -0.2) is 94.2 Å². The van der Waals surface area contributed by atoms with Crippen molar-refractivity contribution in [2.75, 3.05) is 45.9 Å². The summed E-state index contributed by atoms with van der Waals surface area (Å²) in [5, 5.41) is 13.1. The van der Waals surface area contributed by atoms with E-state index in [2.05, 4.69) is 10.3 Å². The molecule has 2 aliphatic rings. The van der Waals surface area contributed by atoms with Crippen LogP contribution < -0.4 is 5.32 Å². The highest BCUT2D eigenvalue weighted by molar-refractivity contribution is 5.96. The molecule has 0 saturated carbocycles. The van der Waals surface area contributed by atoms with Gasteiger partial charge in [-0.1, -0.05) is 26.0 Å². The van der Waals surface area contributed by atoms with Crippen molar-refractivity contribution in [3.8, 4) is 0 Å². The number of carboxylic acid groups (broad SMARTS) is 1. The number of ether oxygens (including phenoxy) is 1. The Balaban J connectivity index is 0.00000241. The summed E-state index contributed by atoms with van der Waals surface area (Å²) >= 11 is 0. The number of amides is 2. The molecule has 0 bridgehead atoms. The number of carbonyl (C=O) groups excluding carboxylic acids is 2. The predicted octanol–water partition coefficient (Wildman–Crippen LogP) is 2.46. The zero-order valence-electron chi connectivity index (χ0n) is 21.5. The second-order valence-corrected chi connectivity index (χ2v) is 9.84. The summed E-state index contributed by atoms with van der Waals surface area (Å²) in [6, 6.07) is 6.03. The Morgan fingerprint density at radius 3 is 2.46 bits per heavy atom. The van der Waals surface area contributed by atoms with Crippen molar-refractivity contribution in [3.05, 3.63) is 30.1 Å². The fraction of sp³-hybridized carbons (Fsp3) is 0.600. The van der Waals surface area contributed by atoms with E-state index in [9.17, 15) is 19.5 Å². The van der Waals surface area contributed by atoms with Crippen LogP contribution in [0.2, 0.25) is 0 Å². The van der Waals surface area contributed by atoms with Gasteiger partial charge in [-0.15, -0.1) is 24.8 Å². The third-order valence-electron chi connectivity index (χ3n) is 6.79. The van der Waals surface area contributed by atoms with Crippen molar-refractivity contribution in [3.63, 3.8) is 0 Å². The summed E-state index contributed by atoms with van der Waals surface area (Å²) in [5.41, 5.74) is 1.19. The number of hydrogen-bond donors (Lipinski definition) is 2. The van der Waals surface area contributed by atoms with Gasteiger partial charge in [-0.25, -0.2) is 9.78 Å². The fourth-order valence-corrected chi connectivity index (χ4v) is 5.00. The minimum absolute atomic E-state index is 0. The number of fused-ring (bicyclic) bond motifs is 1. The Kier molecular flexibility index (Phi) is 11.2. The molecule has 37 heavy (non-hydrogen) atoms. The zero-order valence-corrected chi connectivity index (χ0v) is 23.1. The van der Waals surface area contributed by atoms with Crippen molar-refractivity contribution >= 4 is 53.6 Å². The van der Waals surface area contributed by atoms with E-state index in [1.807, 2.05) is 30.9 Å². The number of nitrogens with zero attached hydrogens (tertiary/aromatic N) is 4. The highest BCUT2D eigenvalue weighted by Crippen LogP contribution is 2.26. The topological polar surface area (TPSA) is 117 Å². The highest BCUT2D eigenvalue weighted by atomic mass is 35.5. The molecule has 1 aromatic heterocycles. The first-order valence-electron chi connectivity index (χ1n) is 12.4. The van der Waals surface area contributed by atoms with E-state index < -0.39 is 12.0 Å². The Morgan fingerprint density at radius 2 is 1.81 bits per heavy atom. The second-order valence-electron chi connectivity index (χ2n) is 9.84. The fourth-order valence-electron chi connectivity index (χ4n) is 5.00. The van der Waals surface area contributed by atoms with Crippen molar-refractivity contribution < 1.29 is 24.2 Å². The molecule has 3 heterocycles. The van der Waals surface area contributed by atoms with Gasteiger partial charge in [0.25, 0.3) is 5.91 Å². The summed E-state index contributed by atoms with van der Waals surface area (Å²) in [4.78, 5) is 47.2. The number of hydrogen-bond acceptors (Lipinski definition) is 6. The number of halogens is 2. The van der Waals surface area contributed by atoms with Crippen LogP contribution in [-0.2, 0) is 14.3 Å². The molecule has 2 amide bonds. The summed E-state index contributed by atoms with van der Waals surface area (Å²) in [6.07, 6.45) is 0.552. The number of piperidine rings is 1. The molecule has 1 aromatic carbocycles. The lowest BCUT2D eigenvalue weighted by molar-refractivity contribution is -0.141. The van der Waals surface area contributed by atoms with Crippen LogP contribution in [0.1, 0.15) is 43.9 Å². The first-order chi connectivity index (χ1) is 16.8. The number of carbonyl (C=O) groups is 3. The number of aromatic nitrogens is 2. The molecule has 4 rings (SSSR count). The summed E-state index contributed by atoms with van der Waals surface area (Å²) in [7, 11) is 0. The quantitative estimate of drug-likeness (QED) is 0.536. The largest absolute Gasteiger partial charge is 0.480 e. The van der Waals surface area contributed by atoms with E-state index in [1.165, 1.54) is 4.57 Å². The number of benzene rings is 1. The number of morpholine rings is 1. The molecule has 12 heteroatoms. The average Bonchev–Trinajstić information content (AvgIpc) is 3.26. The summed E-state index contributed by atoms with van der Waals surface area (Å²) in [5.74, 6) is -1.19. The van der Waals surface area contributed by atoms with E-state index in [0.717, 1.165) is 0 Å². The maximum atomic E-state index is 14.0. The summed E-state index contributed by atoms with van der Waals surface area (Å²) in [6.45, 7) is 9.53. The third kappa shape index (κ3) is 6.73. The number of nitrogens with one attached hydrogen (secondary N) is 1. The van der Waals surface area contributed by atoms with Gasteiger partial charge in [-0.2, -0.15) is 0 Å². The first kappa shape index (κ1) is 30.8. The molecule has 3 atom stereocenters. The van der Waals surface area contributed by atoms with Gasteiger partial charge in [0.15, 0.2) is 0 Å². The SMILES string of the molecule is CC(C)CN(C(=O)c1nc2ccccc2n1C(C)C(=O)O)[C@@H]1CNC[C@H](C(=O)N2CCOCC2)C1.Cl.Cl. The zero-order chi connectivity index (χ0) is 25.1. The Morgan fingerprint density at radius 1 is 1.14 bits per heavy atom. The summed E-state index contributed by atoms with van der Waals surface area (Å²) < 4.78 is 6.89. The molecule has 2 N–H and O–H groups in total. The maximum Gasteiger partial charge on any atom is 0.326 e. The molecule has 2 aliphatic heterocycles. The van der Waals surface area contributed by atoms with Crippen LogP contribution in [0.3, 0.4) is 0 Å². The molecular weight excluding hydrogens is 521 g/mol. The molecule has 206 valence electrons. The van der Waals surface area contributed by atoms with Gasteiger partial charge in [0.2, 0.25) is 11.7 Å². The Bertz CT molecular complexity index is 1090. The van der Waals surface area contributed by atoms with Gasteiger partial charge in [0.05, 0.1) is 30.2 Å². The van der Waals surface area contributed by atoms with E-state index in [4.69, 9.17) is 4.74 Å². The lowest BCUT2D eigenvalue weighted by Gasteiger charge is -2.40. The van der Waals surface area contributed by atoms with Crippen LogP contribution >= 0.6 is 24.8 Å². The van der Waals surface area contributed by atoms with E-state index >= 15 is 0 Å². The maximum absolute atomic E-state index is 14.0. The minimum atomic E-state index is -1.03. The predicted molar refractivity (Wildman–Crippen MR) is 145 cm³/mol. The van der Waals surface area contributed by atoms with Crippen LogP contribution in [0.15, 0.2) is 24.3 Å². The molecule has 10 nitrogen and oxygen atoms in total. The number of aliphatic carboxylic acids is 1. The van der Waals surface area contributed by atoms with E-state index in [0.29, 0.717) is 63.4 Å². The van der Waals surface area contributed by atoms with Gasteiger partial charge in [0.1, 0.15) is 6.04 Å². The van der Waals surface area contributed by atoms with E-state index in [1.54, 1.807) is 24.0 Å². The molecule has 0 spiro atoms. The number of carboxylic acids is 1. The van der Waals surface area contributed by atoms with Gasteiger partial charge >= 0.3 is 5.97 Å². The molecule has 2 aromatic rings. The van der Waals surface area contributed by atoms with Gasteiger partial charge < -0.3 is 29.5 Å². The van der Waals surface area contributed by atoms with Gasteiger partial charge in [-0.05, 0) is 31.4 Å². The standard InChI is InChI=1S/C25H35N5O5.2ClH/c1-16(2)15-29(19-12-18(13-26-14-19)23(31)28-8-10-35-11-9-28)24(32)22-27-20-6-4-5-7-21(20)30(22)17(3)25(33)34;;/h4-7,16-19,26H,8-15H2,1-3H3,(H,33,34);2*1H/t17?,18-,19+;;/m1../s1. The monoisotopic (exact) mass is 557 g/mol.